The highest BCUT2D eigenvalue weighted by molar-refractivity contribution is 6.67. The van der Waals surface area contributed by atoms with E-state index < -0.39 is 9.89 Å². The second-order valence-electron chi connectivity index (χ2n) is 3.68. The number of nitrogens with zero attached hydrogens (tertiary/aromatic N) is 1. The van der Waals surface area contributed by atoms with Crippen LogP contribution in [0, 0.1) is 0 Å². The summed E-state index contributed by atoms with van der Waals surface area (Å²) in [7, 11) is 1.77. The van der Waals surface area contributed by atoms with Crippen LogP contribution >= 0.6 is 46.4 Å². The van der Waals surface area contributed by atoms with Gasteiger partial charge in [0.2, 0.25) is 3.79 Å². The Kier molecular flexibility index (Phi) is 6.33. The highest BCUT2D eigenvalue weighted by atomic mass is 35.6. The van der Waals surface area contributed by atoms with E-state index in [0.717, 1.165) is 5.69 Å². The number of hydrogen-bond donors (Lipinski definition) is 1. The number of hydrogen-bond acceptors (Lipinski definition) is 3. The Bertz CT molecular complexity index is 437. The van der Waals surface area contributed by atoms with Crippen LogP contribution in [0.3, 0.4) is 0 Å². The Morgan fingerprint density at radius 2 is 2.00 bits per heavy atom. The molecular weight excluding hydrogens is 334 g/mol. The van der Waals surface area contributed by atoms with Gasteiger partial charge >= 0.3 is 6.09 Å². The van der Waals surface area contributed by atoms with E-state index in [1.807, 2.05) is 18.2 Å². The maximum absolute atomic E-state index is 11.3. The Labute approximate surface area is 131 Å². The second-order valence-corrected chi connectivity index (χ2v) is 6.60. The standard InChI is InChI=1S/C11H12Cl4N2O2/c1-17(9-5-3-2-4-8(9)12)7-16-10(18)19-6-11(13,14)15/h2-5H,6-7H2,1H3,(H,16,18). The molecule has 8 heteroatoms. The number of nitrogens with one attached hydrogen (secondary N) is 1. The normalized spacial score (nSPS) is 11.0. The lowest BCUT2D eigenvalue weighted by molar-refractivity contribution is 0.148. The van der Waals surface area contributed by atoms with E-state index in [4.69, 9.17) is 51.1 Å². The van der Waals surface area contributed by atoms with Crippen molar-refractivity contribution in [3.8, 4) is 0 Å². The predicted octanol–water partition coefficient (Wildman–Crippen LogP) is 3.83. The fourth-order valence-electron chi connectivity index (χ4n) is 1.23. The number of para-hydroxylation sites is 1. The van der Waals surface area contributed by atoms with Crippen molar-refractivity contribution in [1.82, 2.24) is 5.32 Å². The van der Waals surface area contributed by atoms with Gasteiger partial charge < -0.3 is 15.0 Å². The van der Waals surface area contributed by atoms with Crippen LogP contribution in [0.25, 0.3) is 0 Å². The Balaban J connectivity index is 2.40. The molecule has 0 saturated carbocycles. The van der Waals surface area contributed by atoms with E-state index in [1.54, 1.807) is 18.0 Å². The molecule has 0 aliphatic rings. The van der Waals surface area contributed by atoms with Crippen molar-refractivity contribution in [3.63, 3.8) is 0 Å². The number of alkyl carbamates (subject to hydrolysis) is 1. The highest BCUT2D eigenvalue weighted by Crippen LogP contribution is 2.26. The van der Waals surface area contributed by atoms with Crippen LogP contribution in [0.1, 0.15) is 0 Å². The number of carbonyl (C=O) groups is 1. The van der Waals surface area contributed by atoms with Gasteiger partial charge in [-0.2, -0.15) is 0 Å². The first-order valence-electron chi connectivity index (χ1n) is 5.22. The average Bonchev–Trinajstić information content (AvgIpc) is 2.33. The topological polar surface area (TPSA) is 41.6 Å². The molecule has 0 aliphatic carbocycles. The van der Waals surface area contributed by atoms with Crippen molar-refractivity contribution in [2.75, 3.05) is 25.2 Å². The third-order valence-electron chi connectivity index (χ3n) is 2.09. The van der Waals surface area contributed by atoms with E-state index in [0.29, 0.717) is 5.02 Å². The Morgan fingerprint density at radius 3 is 2.58 bits per heavy atom. The molecule has 1 N–H and O–H groups in total. The van der Waals surface area contributed by atoms with Crippen LogP contribution in [0.4, 0.5) is 10.5 Å². The summed E-state index contributed by atoms with van der Waals surface area (Å²) < 4.78 is 3.10. The number of ether oxygens (including phenoxy) is 1. The molecule has 4 nitrogen and oxygen atoms in total. The molecule has 0 aliphatic heterocycles. The van der Waals surface area contributed by atoms with Gasteiger partial charge in [-0.25, -0.2) is 4.79 Å². The summed E-state index contributed by atoms with van der Waals surface area (Å²) >= 11 is 22.4. The van der Waals surface area contributed by atoms with Gasteiger partial charge in [0.1, 0.15) is 6.61 Å². The monoisotopic (exact) mass is 344 g/mol. The number of anilines is 1. The van der Waals surface area contributed by atoms with Gasteiger partial charge in [-0.3, -0.25) is 0 Å². The molecule has 0 atom stereocenters. The number of benzene rings is 1. The Hall–Kier alpha value is -0.550. The first-order valence-corrected chi connectivity index (χ1v) is 6.74. The fraction of sp³-hybridized carbons (Fsp3) is 0.364. The van der Waals surface area contributed by atoms with Crippen LogP contribution in [0.2, 0.25) is 5.02 Å². The van der Waals surface area contributed by atoms with E-state index in [2.05, 4.69) is 5.32 Å². The van der Waals surface area contributed by atoms with Crippen molar-refractivity contribution in [2.45, 2.75) is 3.79 Å². The Morgan fingerprint density at radius 1 is 1.37 bits per heavy atom. The molecule has 0 radical (unpaired) electrons. The molecule has 1 rings (SSSR count). The van der Waals surface area contributed by atoms with Crippen LogP contribution in [0.5, 0.6) is 0 Å². The van der Waals surface area contributed by atoms with Gasteiger partial charge in [-0.05, 0) is 12.1 Å². The maximum atomic E-state index is 11.3. The average molecular weight is 346 g/mol. The van der Waals surface area contributed by atoms with Gasteiger partial charge in [-0.1, -0.05) is 58.5 Å². The number of rotatable bonds is 4. The van der Waals surface area contributed by atoms with E-state index in [9.17, 15) is 4.79 Å². The summed E-state index contributed by atoms with van der Waals surface area (Å²) in [5, 5.41) is 3.10. The first kappa shape index (κ1) is 16.5. The molecule has 1 aromatic rings. The van der Waals surface area contributed by atoms with Crippen molar-refractivity contribution in [3.05, 3.63) is 29.3 Å². The molecule has 1 amide bonds. The molecule has 0 aromatic heterocycles. The van der Waals surface area contributed by atoms with E-state index >= 15 is 0 Å². The van der Waals surface area contributed by atoms with Gasteiger partial charge in [0.05, 0.1) is 17.4 Å². The number of alkyl halides is 3. The smallest absolute Gasteiger partial charge is 0.408 e. The molecule has 0 bridgehead atoms. The van der Waals surface area contributed by atoms with Gasteiger partial charge in [0.25, 0.3) is 0 Å². The van der Waals surface area contributed by atoms with Gasteiger partial charge in [0, 0.05) is 7.05 Å². The third-order valence-corrected chi connectivity index (χ3v) is 2.74. The predicted molar refractivity (Wildman–Crippen MR) is 79.5 cm³/mol. The van der Waals surface area contributed by atoms with Crippen LogP contribution in [-0.2, 0) is 4.74 Å². The summed E-state index contributed by atoms with van der Waals surface area (Å²) in [6, 6.07) is 7.26. The van der Waals surface area contributed by atoms with E-state index in [-0.39, 0.29) is 13.3 Å². The third kappa shape index (κ3) is 6.43. The van der Waals surface area contributed by atoms with Crippen molar-refractivity contribution < 1.29 is 9.53 Å². The summed E-state index contributed by atoms with van der Waals surface area (Å²) in [6.07, 6.45) is -0.676. The van der Waals surface area contributed by atoms with Crippen LogP contribution in [0.15, 0.2) is 24.3 Å². The molecule has 0 heterocycles. The molecule has 1 aromatic carbocycles. The molecule has 0 fully saturated rings. The molecule has 0 saturated heterocycles. The van der Waals surface area contributed by atoms with Crippen LogP contribution < -0.4 is 10.2 Å². The quantitative estimate of drug-likeness (QED) is 0.666. The lowest BCUT2D eigenvalue weighted by Crippen LogP contribution is -2.36. The zero-order chi connectivity index (χ0) is 14.5. The van der Waals surface area contributed by atoms with Crippen molar-refractivity contribution in [2.24, 2.45) is 0 Å². The molecule has 106 valence electrons. The highest BCUT2D eigenvalue weighted by Gasteiger charge is 2.22. The summed E-state index contributed by atoms with van der Waals surface area (Å²) in [5.41, 5.74) is 0.783. The fourth-order valence-corrected chi connectivity index (χ4v) is 1.67. The lowest BCUT2D eigenvalue weighted by Gasteiger charge is -2.21. The van der Waals surface area contributed by atoms with Gasteiger partial charge in [-0.15, -0.1) is 0 Å². The zero-order valence-electron chi connectivity index (χ0n) is 10.00. The molecular formula is C11H12Cl4N2O2. The lowest BCUT2D eigenvalue weighted by atomic mass is 10.3. The second kappa shape index (κ2) is 7.29. The number of halogens is 4. The summed E-state index contributed by atoms with van der Waals surface area (Å²) in [4.78, 5) is 13.1. The van der Waals surface area contributed by atoms with Gasteiger partial charge in [0.15, 0.2) is 0 Å². The zero-order valence-corrected chi connectivity index (χ0v) is 13.0. The van der Waals surface area contributed by atoms with E-state index in [1.165, 1.54) is 0 Å². The number of amides is 1. The minimum Gasteiger partial charge on any atom is -0.445 e. The van der Waals surface area contributed by atoms with Crippen LogP contribution in [-0.4, -0.2) is 30.2 Å². The molecule has 0 spiro atoms. The van der Waals surface area contributed by atoms with Crippen molar-refractivity contribution in [1.29, 1.82) is 0 Å². The minimum atomic E-state index is -1.62. The number of carbonyl (C=O) groups excluding carboxylic acids is 1. The molecule has 0 unspecified atom stereocenters. The minimum absolute atomic E-state index is 0.211. The first-order chi connectivity index (χ1) is 8.79. The maximum Gasteiger partial charge on any atom is 0.408 e. The SMILES string of the molecule is CN(CNC(=O)OCC(Cl)(Cl)Cl)c1ccccc1Cl. The summed E-state index contributed by atoms with van der Waals surface area (Å²) in [6.45, 7) is -0.109. The van der Waals surface area contributed by atoms with Crippen molar-refractivity contribution >= 4 is 58.2 Å². The largest absolute Gasteiger partial charge is 0.445 e. The molecule has 19 heavy (non-hydrogen) atoms. The summed E-state index contributed by atoms with van der Waals surface area (Å²) in [5.74, 6) is 0.